The first-order valence-corrected chi connectivity index (χ1v) is 7.24. The van der Waals surface area contributed by atoms with Crippen LogP contribution in [0.15, 0.2) is 0 Å². The van der Waals surface area contributed by atoms with Crippen LogP contribution < -0.4 is 5.32 Å². The van der Waals surface area contributed by atoms with E-state index in [9.17, 15) is 0 Å². The number of nitrogens with one attached hydrogen (secondary N) is 1. The molecule has 1 N–H and O–H groups in total. The fraction of sp³-hybridized carbons (Fsp3) is 1.00. The summed E-state index contributed by atoms with van der Waals surface area (Å²) in [6.07, 6.45) is 4.15. The van der Waals surface area contributed by atoms with Gasteiger partial charge in [-0.2, -0.15) is 11.8 Å². The first-order chi connectivity index (χ1) is 7.16. The van der Waals surface area contributed by atoms with Crippen molar-refractivity contribution in [3.8, 4) is 0 Å². The van der Waals surface area contributed by atoms with Crippen molar-refractivity contribution in [3.05, 3.63) is 0 Å². The highest BCUT2D eigenvalue weighted by Gasteiger charge is 2.24. The van der Waals surface area contributed by atoms with E-state index in [2.05, 4.69) is 35.8 Å². The van der Waals surface area contributed by atoms with Gasteiger partial charge in [-0.15, -0.1) is 0 Å². The number of nitrogens with zero attached hydrogens (tertiary/aromatic N) is 1. The highest BCUT2D eigenvalue weighted by atomic mass is 32.2. The van der Waals surface area contributed by atoms with E-state index in [1.54, 1.807) is 0 Å². The van der Waals surface area contributed by atoms with E-state index in [1.165, 1.54) is 51.2 Å². The molecular formula is C12H24N2S. The second-order valence-corrected chi connectivity index (χ2v) is 7.23. The summed E-state index contributed by atoms with van der Waals surface area (Å²) < 4.78 is 0.499. The minimum Gasteiger partial charge on any atom is -0.313 e. The number of rotatable bonds is 4. The van der Waals surface area contributed by atoms with Gasteiger partial charge >= 0.3 is 0 Å². The van der Waals surface area contributed by atoms with Gasteiger partial charge in [-0.1, -0.05) is 13.8 Å². The van der Waals surface area contributed by atoms with Crippen molar-refractivity contribution >= 4 is 11.8 Å². The molecule has 3 heteroatoms. The molecule has 88 valence electrons. The second kappa shape index (κ2) is 5.07. The molecule has 1 aliphatic heterocycles. The van der Waals surface area contributed by atoms with Crippen molar-refractivity contribution in [2.75, 3.05) is 31.9 Å². The fourth-order valence-corrected chi connectivity index (χ4v) is 3.14. The lowest BCUT2D eigenvalue weighted by molar-refractivity contribution is 0.283. The summed E-state index contributed by atoms with van der Waals surface area (Å²) in [6, 6.07) is 0.864. The Morgan fingerprint density at radius 1 is 1.33 bits per heavy atom. The predicted octanol–water partition coefficient (Wildman–Crippen LogP) is 1.96. The third-order valence-electron chi connectivity index (χ3n) is 3.37. The predicted molar refractivity (Wildman–Crippen MR) is 68.6 cm³/mol. The van der Waals surface area contributed by atoms with Crippen LogP contribution in [0.4, 0.5) is 0 Å². The summed E-state index contributed by atoms with van der Waals surface area (Å²) >= 11 is 2.13. The Morgan fingerprint density at radius 2 is 2.13 bits per heavy atom. The van der Waals surface area contributed by atoms with Crippen LogP contribution in [0.25, 0.3) is 0 Å². The van der Waals surface area contributed by atoms with Crippen LogP contribution in [0.5, 0.6) is 0 Å². The molecule has 0 amide bonds. The normalized spacial score (nSPS) is 27.6. The van der Waals surface area contributed by atoms with Crippen LogP contribution in [0.1, 0.15) is 33.1 Å². The van der Waals surface area contributed by atoms with Gasteiger partial charge in [-0.25, -0.2) is 0 Å². The minimum atomic E-state index is 0.499. The third-order valence-corrected chi connectivity index (χ3v) is 4.74. The molecule has 0 aromatic rings. The highest BCUT2D eigenvalue weighted by Crippen LogP contribution is 2.30. The lowest BCUT2D eigenvalue weighted by Gasteiger charge is -2.22. The van der Waals surface area contributed by atoms with Crippen molar-refractivity contribution in [2.45, 2.75) is 43.9 Å². The van der Waals surface area contributed by atoms with Gasteiger partial charge in [-0.05, 0) is 25.8 Å². The van der Waals surface area contributed by atoms with Crippen LogP contribution in [0, 0.1) is 0 Å². The van der Waals surface area contributed by atoms with Crippen molar-refractivity contribution in [3.63, 3.8) is 0 Å². The van der Waals surface area contributed by atoms with E-state index in [1.807, 2.05) is 0 Å². The largest absolute Gasteiger partial charge is 0.313 e. The van der Waals surface area contributed by atoms with Crippen molar-refractivity contribution < 1.29 is 0 Å². The standard InChI is InChI=1S/C12H24N2S/c1-12(2)5-7-14(9-10-15-12)8-6-13-11-3-4-11/h11,13H,3-10H2,1-2H3. The van der Waals surface area contributed by atoms with Crippen molar-refractivity contribution in [1.29, 1.82) is 0 Å². The number of thioether (sulfide) groups is 1. The molecule has 1 heterocycles. The Balaban J connectivity index is 1.64. The molecule has 15 heavy (non-hydrogen) atoms. The molecule has 0 unspecified atom stereocenters. The monoisotopic (exact) mass is 228 g/mol. The van der Waals surface area contributed by atoms with Gasteiger partial charge in [0, 0.05) is 36.2 Å². The van der Waals surface area contributed by atoms with Gasteiger partial charge in [0.05, 0.1) is 0 Å². The SMILES string of the molecule is CC1(C)CCN(CCNC2CC2)CCS1. The average Bonchev–Trinajstić information content (AvgIpc) is 2.96. The van der Waals surface area contributed by atoms with Crippen LogP contribution in [0.2, 0.25) is 0 Å². The van der Waals surface area contributed by atoms with E-state index in [0.29, 0.717) is 4.75 Å². The Hall–Kier alpha value is 0.270. The van der Waals surface area contributed by atoms with Gasteiger partial charge in [0.25, 0.3) is 0 Å². The summed E-state index contributed by atoms with van der Waals surface area (Å²) in [5, 5.41) is 3.60. The molecule has 2 rings (SSSR count). The Kier molecular flexibility index (Phi) is 3.97. The summed E-state index contributed by atoms with van der Waals surface area (Å²) in [5.41, 5.74) is 0. The molecule has 2 aliphatic rings. The van der Waals surface area contributed by atoms with Crippen molar-refractivity contribution in [2.24, 2.45) is 0 Å². The topological polar surface area (TPSA) is 15.3 Å². The molecule has 0 aromatic carbocycles. The summed E-state index contributed by atoms with van der Waals surface area (Å²) in [5.74, 6) is 1.30. The van der Waals surface area contributed by atoms with Crippen LogP contribution in [0.3, 0.4) is 0 Å². The quantitative estimate of drug-likeness (QED) is 0.792. The van der Waals surface area contributed by atoms with Gasteiger partial charge in [0.2, 0.25) is 0 Å². The van der Waals surface area contributed by atoms with E-state index < -0.39 is 0 Å². The van der Waals surface area contributed by atoms with Crippen LogP contribution in [-0.4, -0.2) is 47.6 Å². The molecule has 0 atom stereocenters. The zero-order valence-corrected chi connectivity index (χ0v) is 10.9. The lowest BCUT2D eigenvalue weighted by Crippen LogP contribution is -2.34. The first-order valence-electron chi connectivity index (χ1n) is 6.25. The molecule has 0 aromatic heterocycles. The van der Waals surface area contributed by atoms with E-state index in [0.717, 1.165) is 6.04 Å². The minimum absolute atomic E-state index is 0.499. The number of hydrogen-bond acceptors (Lipinski definition) is 3. The maximum Gasteiger partial charge on any atom is 0.0116 e. The number of hydrogen-bond donors (Lipinski definition) is 1. The lowest BCUT2D eigenvalue weighted by atomic mass is 10.1. The van der Waals surface area contributed by atoms with Crippen LogP contribution >= 0.6 is 11.8 Å². The maximum absolute atomic E-state index is 3.60. The molecule has 0 spiro atoms. The zero-order chi connectivity index (χ0) is 10.7. The average molecular weight is 228 g/mol. The Bertz CT molecular complexity index is 202. The molecule has 1 saturated carbocycles. The molecule has 2 nitrogen and oxygen atoms in total. The van der Waals surface area contributed by atoms with E-state index >= 15 is 0 Å². The molecular weight excluding hydrogens is 204 g/mol. The van der Waals surface area contributed by atoms with Crippen molar-refractivity contribution in [1.82, 2.24) is 10.2 Å². The first kappa shape index (κ1) is 11.7. The fourth-order valence-electron chi connectivity index (χ4n) is 2.00. The highest BCUT2D eigenvalue weighted by molar-refractivity contribution is 8.00. The summed E-state index contributed by atoms with van der Waals surface area (Å²) in [7, 11) is 0. The van der Waals surface area contributed by atoms with Gasteiger partial charge in [-0.3, -0.25) is 0 Å². The molecule has 0 bridgehead atoms. The molecule has 2 fully saturated rings. The Labute approximate surface area is 98.2 Å². The van der Waals surface area contributed by atoms with E-state index in [-0.39, 0.29) is 0 Å². The molecule has 1 aliphatic carbocycles. The Morgan fingerprint density at radius 3 is 2.87 bits per heavy atom. The van der Waals surface area contributed by atoms with Gasteiger partial charge in [0.1, 0.15) is 0 Å². The smallest absolute Gasteiger partial charge is 0.0116 e. The van der Waals surface area contributed by atoms with E-state index in [4.69, 9.17) is 0 Å². The zero-order valence-electron chi connectivity index (χ0n) is 10.1. The third kappa shape index (κ3) is 4.33. The molecule has 1 saturated heterocycles. The summed E-state index contributed by atoms with van der Waals surface area (Å²) in [4.78, 5) is 2.62. The maximum atomic E-state index is 3.60. The second-order valence-electron chi connectivity index (χ2n) is 5.43. The van der Waals surface area contributed by atoms with Gasteiger partial charge in [0.15, 0.2) is 0 Å². The summed E-state index contributed by atoms with van der Waals surface area (Å²) in [6.45, 7) is 9.75. The molecule has 0 radical (unpaired) electrons. The van der Waals surface area contributed by atoms with Crippen LogP contribution in [-0.2, 0) is 0 Å². The van der Waals surface area contributed by atoms with Gasteiger partial charge < -0.3 is 10.2 Å².